The zero-order valence-corrected chi connectivity index (χ0v) is 10.9. The van der Waals surface area contributed by atoms with Crippen LogP contribution in [0.15, 0.2) is 0 Å². The van der Waals surface area contributed by atoms with E-state index in [1.807, 2.05) is 0 Å². The smallest absolute Gasteiger partial charge is 0.00705 e. The first-order valence-electron chi connectivity index (χ1n) is 7.09. The summed E-state index contributed by atoms with van der Waals surface area (Å²) in [5.41, 5.74) is 12.6. The Morgan fingerprint density at radius 1 is 0.688 bits per heavy atom. The second-order valence-electron chi connectivity index (χ2n) is 6.49. The molecule has 0 radical (unpaired) electrons. The first-order valence-corrected chi connectivity index (χ1v) is 7.09. The van der Waals surface area contributed by atoms with E-state index in [-0.39, 0.29) is 0 Å². The van der Waals surface area contributed by atoms with Crippen molar-refractivity contribution in [3.63, 3.8) is 0 Å². The van der Waals surface area contributed by atoms with Gasteiger partial charge in [0.15, 0.2) is 0 Å². The normalized spacial score (nSPS) is 50.2. The lowest BCUT2D eigenvalue weighted by Crippen LogP contribution is -2.48. The second-order valence-corrected chi connectivity index (χ2v) is 6.49. The van der Waals surface area contributed by atoms with Gasteiger partial charge in [-0.05, 0) is 62.2 Å². The Morgan fingerprint density at radius 2 is 1.06 bits per heavy atom. The average molecular weight is 224 g/mol. The van der Waals surface area contributed by atoms with E-state index in [2.05, 4.69) is 13.8 Å². The van der Waals surface area contributed by atoms with Crippen LogP contribution < -0.4 is 11.5 Å². The van der Waals surface area contributed by atoms with Crippen LogP contribution in [0, 0.1) is 23.7 Å². The van der Waals surface area contributed by atoms with Crippen molar-refractivity contribution in [3.05, 3.63) is 0 Å². The van der Waals surface area contributed by atoms with E-state index < -0.39 is 0 Å². The minimum absolute atomic E-state index is 0.414. The van der Waals surface area contributed by atoms with Gasteiger partial charge in [0, 0.05) is 12.1 Å². The summed E-state index contributed by atoms with van der Waals surface area (Å²) < 4.78 is 0. The fraction of sp³-hybridized carbons (Fsp3) is 1.00. The summed E-state index contributed by atoms with van der Waals surface area (Å²) in [6.45, 7) is 4.74. The molecule has 0 aliphatic heterocycles. The van der Waals surface area contributed by atoms with Gasteiger partial charge >= 0.3 is 0 Å². The molecule has 2 aliphatic rings. The molecule has 6 atom stereocenters. The van der Waals surface area contributed by atoms with Crippen LogP contribution in [0.4, 0.5) is 0 Å². The molecule has 2 fully saturated rings. The minimum atomic E-state index is 0.414. The molecule has 0 bridgehead atoms. The molecule has 0 aromatic rings. The van der Waals surface area contributed by atoms with Crippen LogP contribution in [0.2, 0.25) is 0 Å². The zero-order chi connectivity index (χ0) is 11.7. The largest absolute Gasteiger partial charge is 0.327 e. The molecular formula is C14H28N2. The molecule has 0 amide bonds. The molecule has 16 heavy (non-hydrogen) atoms. The summed E-state index contributed by atoms with van der Waals surface area (Å²) >= 11 is 0. The summed E-state index contributed by atoms with van der Waals surface area (Å²) in [6.07, 6.45) is 7.68. The van der Waals surface area contributed by atoms with Gasteiger partial charge in [-0.3, -0.25) is 0 Å². The van der Waals surface area contributed by atoms with Crippen molar-refractivity contribution in [1.82, 2.24) is 0 Å². The van der Waals surface area contributed by atoms with Gasteiger partial charge in [0.2, 0.25) is 0 Å². The summed E-state index contributed by atoms with van der Waals surface area (Å²) in [4.78, 5) is 0. The fourth-order valence-electron chi connectivity index (χ4n) is 3.88. The standard InChI is InChI=1S/C14H28N2/c1-9-3-5-13(15)11(7-9)12-8-10(2)4-6-14(12)16/h9-14H,3-8,15-16H2,1-2H3. The molecule has 0 aromatic carbocycles. The van der Waals surface area contributed by atoms with Crippen molar-refractivity contribution in [3.8, 4) is 0 Å². The van der Waals surface area contributed by atoms with Crippen LogP contribution in [-0.2, 0) is 0 Å². The van der Waals surface area contributed by atoms with Crippen LogP contribution in [0.3, 0.4) is 0 Å². The third kappa shape index (κ3) is 2.60. The van der Waals surface area contributed by atoms with Gasteiger partial charge < -0.3 is 11.5 Å². The summed E-state index contributed by atoms with van der Waals surface area (Å²) in [7, 11) is 0. The van der Waals surface area contributed by atoms with Crippen LogP contribution >= 0.6 is 0 Å². The van der Waals surface area contributed by atoms with E-state index in [1.54, 1.807) is 0 Å². The van der Waals surface area contributed by atoms with Crippen molar-refractivity contribution >= 4 is 0 Å². The summed E-state index contributed by atoms with van der Waals surface area (Å²) in [5.74, 6) is 3.10. The average Bonchev–Trinajstić information content (AvgIpc) is 2.25. The topological polar surface area (TPSA) is 52.0 Å². The third-order valence-corrected chi connectivity index (χ3v) is 4.98. The molecule has 0 saturated heterocycles. The van der Waals surface area contributed by atoms with E-state index >= 15 is 0 Å². The Hall–Kier alpha value is -0.0800. The van der Waals surface area contributed by atoms with E-state index in [4.69, 9.17) is 11.5 Å². The van der Waals surface area contributed by atoms with E-state index in [0.29, 0.717) is 23.9 Å². The van der Waals surface area contributed by atoms with Gasteiger partial charge in [0.1, 0.15) is 0 Å². The van der Waals surface area contributed by atoms with Crippen molar-refractivity contribution in [1.29, 1.82) is 0 Å². The van der Waals surface area contributed by atoms with Crippen LogP contribution in [0.25, 0.3) is 0 Å². The highest BCUT2D eigenvalue weighted by atomic mass is 14.7. The summed E-state index contributed by atoms with van der Waals surface area (Å²) in [5, 5.41) is 0. The number of hydrogen-bond acceptors (Lipinski definition) is 2. The van der Waals surface area contributed by atoms with Crippen molar-refractivity contribution in [2.45, 2.75) is 64.5 Å². The number of hydrogen-bond donors (Lipinski definition) is 2. The Balaban J connectivity index is 2.02. The van der Waals surface area contributed by atoms with Gasteiger partial charge in [-0.25, -0.2) is 0 Å². The first-order chi connectivity index (χ1) is 7.58. The molecule has 2 rings (SSSR count). The van der Waals surface area contributed by atoms with Crippen LogP contribution in [-0.4, -0.2) is 12.1 Å². The van der Waals surface area contributed by atoms with Gasteiger partial charge in [0.25, 0.3) is 0 Å². The molecule has 0 heterocycles. The van der Waals surface area contributed by atoms with Gasteiger partial charge in [-0.15, -0.1) is 0 Å². The molecule has 2 saturated carbocycles. The van der Waals surface area contributed by atoms with Crippen LogP contribution in [0.1, 0.15) is 52.4 Å². The lowest BCUT2D eigenvalue weighted by atomic mass is 9.65. The SMILES string of the molecule is CC1CCC(N)C(C2CC(C)CCC2N)C1. The monoisotopic (exact) mass is 224 g/mol. The molecule has 4 N–H and O–H groups in total. The van der Waals surface area contributed by atoms with Gasteiger partial charge in [-0.1, -0.05) is 13.8 Å². The Morgan fingerprint density at radius 3 is 1.44 bits per heavy atom. The molecule has 0 spiro atoms. The van der Waals surface area contributed by atoms with Crippen LogP contribution in [0.5, 0.6) is 0 Å². The Bertz CT molecular complexity index is 205. The molecule has 0 aromatic heterocycles. The number of nitrogens with two attached hydrogens (primary N) is 2. The summed E-state index contributed by atoms with van der Waals surface area (Å²) in [6, 6.07) is 0.829. The van der Waals surface area contributed by atoms with E-state index in [9.17, 15) is 0 Å². The zero-order valence-electron chi connectivity index (χ0n) is 10.9. The maximum atomic E-state index is 6.32. The highest BCUT2D eigenvalue weighted by molar-refractivity contribution is 4.92. The Labute approximate surface area is 100 Å². The third-order valence-electron chi connectivity index (χ3n) is 4.98. The molecule has 2 aliphatic carbocycles. The van der Waals surface area contributed by atoms with E-state index in [1.165, 1.54) is 38.5 Å². The highest BCUT2D eigenvalue weighted by Crippen LogP contribution is 2.40. The first kappa shape index (κ1) is 12.4. The second kappa shape index (κ2) is 5.05. The molecule has 6 unspecified atom stereocenters. The lowest BCUT2D eigenvalue weighted by molar-refractivity contribution is 0.106. The number of rotatable bonds is 1. The maximum absolute atomic E-state index is 6.32. The molecule has 94 valence electrons. The van der Waals surface area contributed by atoms with Crippen molar-refractivity contribution < 1.29 is 0 Å². The lowest BCUT2D eigenvalue weighted by Gasteiger charge is -2.43. The van der Waals surface area contributed by atoms with Gasteiger partial charge in [0.05, 0.1) is 0 Å². The fourth-order valence-corrected chi connectivity index (χ4v) is 3.88. The van der Waals surface area contributed by atoms with Gasteiger partial charge in [-0.2, -0.15) is 0 Å². The van der Waals surface area contributed by atoms with E-state index in [0.717, 1.165) is 11.8 Å². The molecule has 2 nitrogen and oxygen atoms in total. The minimum Gasteiger partial charge on any atom is -0.327 e. The quantitative estimate of drug-likeness (QED) is 0.719. The van der Waals surface area contributed by atoms with Crippen molar-refractivity contribution in [2.75, 3.05) is 0 Å². The predicted octanol–water partition coefficient (Wildman–Crippen LogP) is 2.51. The molecular weight excluding hydrogens is 196 g/mol. The predicted molar refractivity (Wildman–Crippen MR) is 69.0 cm³/mol. The van der Waals surface area contributed by atoms with Crippen molar-refractivity contribution in [2.24, 2.45) is 35.1 Å². The highest BCUT2D eigenvalue weighted by Gasteiger charge is 2.37. The maximum Gasteiger partial charge on any atom is 0.00705 e. The Kier molecular flexibility index (Phi) is 3.91. The molecule has 2 heteroatoms.